The van der Waals surface area contributed by atoms with Gasteiger partial charge in [0.05, 0.1) is 0 Å². The molecule has 0 aliphatic rings. The Bertz CT molecular complexity index is 331. The second kappa shape index (κ2) is 13.4. The van der Waals surface area contributed by atoms with E-state index in [1.165, 1.54) is 0 Å². The van der Waals surface area contributed by atoms with Crippen LogP contribution in [0.5, 0.6) is 0 Å². The molecule has 23 heavy (non-hydrogen) atoms. The summed E-state index contributed by atoms with van der Waals surface area (Å²) in [6.45, 7) is 10.9. The van der Waals surface area contributed by atoms with E-state index in [1.807, 2.05) is 6.92 Å². The third-order valence-corrected chi connectivity index (χ3v) is 4.51. The molecule has 0 heterocycles. The lowest BCUT2D eigenvalue weighted by Gasteiger charge is -2.21. The van der Waals surface area contributed by atoms with Gasteiger partial charge in [-0.3, -0.25) is 9.59 Å². The average molecular weight is 327 g/mol. The van der Waals surface area contributed by atoms with Crippen LogP contribution in [0.2, 0.25) is 0 Å². The molecule has 0 radical (unpaired) electrons. The van der Waals surface area contributed by atoms with Crippen LogP contribution in [0, 0.1) is 11.8 Å². The van der Waals surface area contributed by atoms with Crippen molar-refractivity contribution in [3.8, 4) is 0 Å². The molecule has 0 unspecified atom stereocenters. The van der Waals surface area contributed by atoms with Crippen LogP contribution in [0.15, 0.2) is 0 Å². The lowest BCUT2D eigenvalue weighted by Crippen LogP contribution is -2.45. The molecule has 0 aromatic rings. The number of nitrogens with one attached hydrogen (secondary N) is 2. The summed E-state index contributed by atoms with van der Waals surface area (Å²) in [6, 6.07) is -0.0224. The minimum Gasteiger partial charge on any atom is -0.354 e. The third kappa shape index (κ3) is 9.62. The number of unbranched alkanes of at least 4 members (excludes halogenated alkanes) is 2. The van der Waals surface area contributed by atoms with Gasteiger partial charge in [-0.1, -0.05) is 53.4 Å². The summed E-state index contributed by atoms with van der Waals surface area (Å²) >= 11 is 0. The summed E-state index contributed by atoms with van der Waals surface area (Å²) in [6.07, 6.45) is 8.07. The van der Waals surface area contributed by atoms with Gasteiger partial charge < -0.3 is 10.6 Å². The monoisotopic (exact) mass is 326 g/mol. The molecule has 0 saturated heterocycles. The summed E-state index contributed by atoms with van der Waals surface area (Å²) in [5, 5.41) is 6.04. The van der Waals surface area contributed by atoms with Crippen LogP contribution < -0.4 is 10.6 Å². The first kappa shape index (κ1) is 21.9. The molecule has 4 heteroatoms. The molecule has 0 aromatic carbocycles. The Kier molecular flexibility index (Phi) is 12.8. The Morgan fingerprint density at radius 1 is 0.826 bits per heavy atom. The largest absolute Gasteiger partial charge is 0.354 e. The normalized spacial score (nSPS) is 14.8. The van der Waals surface area contributed by atoms with E-state index in [2.05, 4.69) is 38.3 Å². The maximum Gasteiger partial charge on any atom is 0.223 e. The highest BCUT2D eigenvalue weighted by atomic mass is 16.2. The Hall–Kier alpha value is -1.06. The maximum absolute atomic E-state index is 12.2. The fourth-order valence-electron chi connectivity index (χ4n) is 2.75. The zero-order chi connectivity index (χ0) is 17.7. The molecule has 4 nitrogen and oxygen atoms in total. The summed E-state index contributed by atoms with van der Waals surface area (Å²) in [4.78, 5) is 24.4. The molecular formula is C19H38N2O2. The molecule has 0 aliphatic heterocycles. The number of carbonyl (C=O) groups excluding carboxylic acids is 2. The van der Waals surface area contributed by atoms with Crippen molar-refractivity contribution in [1.82, 2.24) is 10.6 Å². The van der Waals surface area contributed by atoms with E-state index in [4.69, 9.17) is 0 Å². The summed E-state index contributed by atoms with van der Waals surface area (Å²) < 4.78 is 0. The first-order valence-electron chi connectivity index (χ1n) is 9.57. The zero-order valence-electron chi connectivity index (χ0n) is 15.9. The fraction of sp³-hybridized carbons (Fsp3) is 0.895. The minimum absolute atomic E-state index is 0.0224. The lowest BCUT2D eigenvalue weighted by molar-refractivity contribution is -0.127. The van der Waals surface area contributed by atoms with E-state index in [9.17, 15) is 9.59 Å². The molecule has 2 amide bonds. The molecule has 2 N–H and O–H groups in total. The van der Waals surface area contributed by atoms with Gasteiger partial charge in [0.2, 0.25) is 11.8 Å². The minimum atomic E-state index is -0.0224. The molecule has 0 spiro atoms. The van der Waals surface area contributed by atoms with Crippen LogP contribution in [0.25, 0.3) is 0 Å². The van der Waals surface area contributed by atoms with Crippen molar-refractivity contribution in [1.29, 1.82) is 0 Å². The summed E-state index contributed by atoms with van der Waals surface area (Å²) in [7, 11) is 0. The number of hydrogen-bond acceptors (Lipinski definition) is 2. The molecule has 3 atom stereocenters. The number of amides is 2. The quantitative estimate of drug-likeness (QED) is 0.536. The highest BCUT2D eigenvalue weighted by Gasteiger charge is 2.19. The van der Waals surface area contributed by atoms with Crippen molar-refractivity contribution in [3.05, 3.63) is 0 Å². The summed E-state index contributed by atoms with van der Waals surface area (Å²) in [5.41, 5.74) is 0. The number of hydrogen-bond donors (Lipinski definition) is 2. The third-order valence-electron chi connectivity index (χ3n) is 4.51. The molecule has 0 fully saturated rings. The smallest absolute Gasteiger partial charge is 0.223 e. The average Bonchev–Trinajstić information content (AvgIpc) is 2.54. The van der Waals surface area contributed by atoms with E-state index < -0.39 is 0 Å². The second-order valence-corrected chi connectivity index (χ2v) is 6.65. The van der Waals surface area contributed by atoms with Gasteiger partial charge >= 0.3 is 0 Å². The first-order valence-corrected chi connectivity index (χ1v) is 9.57. The number of rotatable bonds is 13. The van der Waals surface area contributed by atoms with Crippen LogP contribution in [0.1, 0.15) is 86.0 Å². The van der Waals surface area contributed by atoms with Gasteiger partial charge in [-0.2, -0.15) is 0 Å². The SMILES string of the molecule is CCCC[C@H](CC)C(=O)NC[C@@H](C)NC(=O)[C@H](CC)CCCC. The summed E-state index contributed by atoms with van der Waals surface area (Å²) in [5.74, 6) is 0.452. The Morgan fingerprint density at radius 2 is 1.30 bits per heavy atom. The van der Waals surface area contributed by atoms with E-state index in [0.29, 0.717) is 6.54 Å². The van der Waals surface area contributed by atoms with Gasteiger partial charge in [-0.15, -0.1) is 0 Å². The van der Waals surface area contributed by atoms with Crippen molar-refractivity contribution in [2.24, 2.45) is 11.8 Å². The standard InChI is InChI=1S/C19H38N2O2/c1-6-10-12-16(8-3)18(22)20-14-15(5)21-19(23)17(9-4)13-11-7-2/h15-17H,6-14H2,1-5H3,(H,20,22)(H,21,23)/t15-,16+,17-/m1/s1. The molecule has 0 aliphatic carbocycles. The van der Waals surface area contributed by atoms with Gasteiger partial charge in [0.1, 0.15) is 0 Å². The van der Waals surface area contributed by atoms with Crippen LogP contribution in [0.4, 0.5) is 0 Å². The first-order chi connectivity index (χ1) is 11.0. The van der Waals surface area contributed by atoms with E-state index in [0.717, 1.165) is 51.4 Å². The van der Waals surface area contributed by atoms with Gasteiger partial charge in [0, 0.05) is 24.4 Å². The van der Waals surface area contributed by atoms with Gasteiger partial charge in [0.15, 0.2) is 0 Å². The highest BCUT2D eigenvalue weighted by Crippen LogP contribution is 2.13. The van der Waals surface area contributed by atoms with Crippen molar-refractivity contribution in [3.63, 3.8) is 0 Å². The van der Waals surface area contributed by atoms with E-state index in [1.54, 1.807) is 0 Å². The second-order valence-electron chi connectivity index (χ2n) is 6.65. The van der Waals surface area contributed by atoms with E-state index >= 15 is 0 Å². The molecular weight excluding hydrogens is 288 g/mol. The maximum atomic E-state index is 12.2. The molecule has 136 valence electrons. The lowest BCUT2D eigenvalue weighted by atomic mass is 9.98. The van der Waals surface area contributed by atoms with Crippen LogP contribution in [-0.4, -0.2) is 24.4 Å². The van der Waals surface area contributed by atoms with Crippen LogP contribution in [-0.2, 0) is 9.59 Å². The number of carbonyl (C=O) groups is 2. The fourth-order valence-corrected chi connectivity index (χ4v) is 2.75. The van der Waals surface area contributed by atoms with Crippen molar-refractivity contribution in [2.45, 2.75) is 92.0 Å². The molecule has 0 aromatic heterocycles. The topological polar surface area (TPSA) is 58.2 Å². The molecule has 0 bridgehead atoms. The van der Waals surface area contributed by atoms with Crippen molar-refractivity contribution < 1.29 is 9.59 Å². The van der Waals surface area contributed by atoms with Crippen LogP contribution >= 0.6 is 0 Å². The highest BCUT2D eigenvalue weighted by molar-refractivity contribution is 5.80. The predicted molar refractivity (Wildman–Crippen MR) is 97.2 cm³/mol. The van der Waals surface area contributed by atoms with Crippen molar-refractivity contribution in [2.75, 3.05) is 6.54 Å². The van der Waals surface area contributed by atoms with Crippen molar-refractivity contribution >= 4 is 11.8 Å². The van der Waals surface area contributed by atoms with Gasteiger partial charge in [0.25, 0.3) is 0 Å². The molecule has 0 rings (SSSR count). The Balaban J connectivity index is 4.19. The van der Waals surface area contributed by atoms with Gasteiger partial charge in [-0.05, 0) is 32.6 Å². The van der Waals surface area contributed by atoms with E-state index in [-0.39, 0.29) is 29.7 Å². The molecule has 0 saturated carbocycles. The van der Waals surface area contributed by atoms with Gasteiger partial charge in [-0.25, -0.2) is 0 Å². The Morgan fingerprint density at radius 3 is 1.74 bits per heavy atom. The predicted octanol–water partition coefficient (Wildman–Crippen LogP) is 4.04. The zero-order valence-corrected chi connectivity index (χ0v) is 15.9. The Labute approximate surface area is 143 Å². The van der Waals surface area contributed by atoms with Crippen LogP contribution in [0.3, 0.4) is 0 Å².